The van der Waals surface area contributed by atoms with Crippen LogP contribution >= 0.6 is 20.8 Å². The molecule has 0 fully saturated rings. The summed E-state index contributed by atoms with van der Waals surface area (Å²) in [5, 5.41) is 3.15. The van der Waals surface area contributed by atoms with Crippen molar-refractivity contribution in [1.29, 1.82) is 0 Å². The molecule has 0 saturated heterocycles. The first-order chi connectivity index (χ1) is 8.28. The molecule has 1 aromatic rings. The van der Waals surface area contributed by atoms with Crippen molar-refractivity contribution in [2.45, 2.75) is 32.0 Å². The van der Waals surface area contributed by atoms with Gasteiger partial charge in [0.05, 0.1) is 0 Å². The maximum absolute atomic E-state index is 12.7. The zero-order valence-electron chi connectivity index (χ0n) is 9.97. The molecule has 1 amide bonds. The van der Waals surface area contributed by atoms with Gasteiger partial charge >= 0.3 is 0 Å². The van der Waals surface area contributed by atoms with Gasteiger partial charge in [-0.25, -0.2) is 8.78 Å². The van der Waals surface area contributed by atoms with Crippen LogP contribution in [0.2, 0.25) is 5.02 Å². The van der Waals surface area contributed by atoms with Gasteiger partial charge in [0.1, 0.15) is 0 Å². The van der Waals surface area contributed by atoms with Crippen molar-refractivity contribution >= 4 is 26.7 Å². The van der Waals surface area contributed by atoms with E-state index in [1.54, 1.807) is 18.2 Å². The van der Waals surface area contributed by atoms with Crippen molar-refractivity contribution in [3.05, 3.63) is 34.3 Å². The third-order valence-electron chi connectivity index (χ3n) is 2.38. The lowest BCUT2D eigenvalue weighted by Gasteiger charge is -2.11. The second-order valence-corrected chi connectivity index (χ2v) is 5.35. The molecular formula is C12H15ClF2NOP. The fourth-order valence-corrected chi connectivity index (χ4v) is 1.78. The summed E-state index contributed by atoms with van der Waals surface area (Å²) in [6.07, 6.45) is 0.0274. The van der Waals surface area contributed by atoms with Crippen molar-refractivity contribution in [2.75, 3.05) is 0 Å². The Kier molecular flexibility index (Phi) is 5.48. The van der Waals surface area contributed by atoms with Crippen LogP contribution in [0.25, 0.3) is 0 Å². The average molecular weight is 294 g/mol. The molecule has 18 heavy (non-hydrogen) atoms. The minimum absolute atomic E-state index is 0.159. The quantitative estimate of drug-likeness (QED) is 0.829. The Labute approximate surface area is 112 Å². The molecule has 0 aromatic heterocycles. The normalized spacial score (nSPS) is 11.4. The van der Waals surface area contributed by atoms with Crippen LogP contribution in [0.4, 0.5) is 8.78 Å². The molecule has 1 atom stereocenters. The predicted molar refractivity (Wildman–Crippen MR) is 72.0 cm³/mol. The third kappa shape index (κ3) is 5.74. The van der Waals surface area contributed by atoms with Gasteiger partial charge in [-0.3, -0.25) is 4.79 Å². The molecule has 0 bridgehead atoms. The predicted octanol–water partition coefficient (Wildman–Crippen LogP) is 3.38. The molecule has 0 saturated carbocycles. The van der Waals surface area contributed by atoms with Crippen LogP contribution in [-0.4, -0.2) is 11.6 Å². The fourth-order valence-electron chi connectivity index (χ4n) is 1.45. The molecule has 6 heteroatoms. The molecule has 2 nitrogen and oxygen atoms in total. The molecule has 0 heterocycles. The monoisotopic (exact) mass is 293 g/mol. The Hall–Kier alpha value is -0.730. The lowest BCUT2D eigenvalue weighted by atomic mass is 10.1. The van der Waals surface area contributed by atoms with Crippen LogP contribution in [-0.2, 0) is 17.8 Å². The van der Waals surface area contributed by atoms with Crippen LogP contribution in [0.15, 0.2) is 18.2 Å². The second kappa shape index (κ2) is 6.44. The Bertz CT molecular complexity index is 435. The van der Waals surface area contributed by atoms with Crippen molar-refractivity contribution in [2.24, 2.45) is 0 Å². The average Bonchev–Trinajstić information content (AvgIpc) is 2.25. The number of hydrogen-bond donors (Lipinski definition) is 1. The van der Waals surface area contributed by atoms with Crippen LogP contribution in [0.3, 0.4) is 0 Å². The van der Waals surface area contributed by atoms with Gasteiger partial charge in [0.25, 0.3) is 5.66 Å². The van der Waals surface area contributed by atoms with E-state index in [0.717, 1.165) is 11.1 Å². The van der Waals surface area contributed by atoms with Gasteiger partial charge in [0.2, 0.25) is 5.91 Å². The molecular weight excluding hydrogens is 279 g/mol. The van der Waals surface area contributed by atoms with Crippen molar-refractivity contribution in [3.8, 4) is 0 Å². The zero-order chi connectivity index (χ0) is 13.8. The molecule has 1 unspecified atom stereocenters. The number of amides is 1. The number of carbonyl (C=O) groups excluding carboxylic acids is 1. The Morgan fingerprint density at radius 3 is 2.72 bits per heavy atom. The van der Waals surface area contributed by atoms with Gasteiger partial charge in [-0.1, -0.05) is 33.0 Å². The number of hydrogen-bond acceptors (Lipinski definition) is 1. The smallest absolute Gasteiger partial charge is 0.259 e. The van der Waals surface area contributed by atoms with E-state index in [1.807, 2.05) is 0 Å². The Morgan fingerprint density at radius 1 is 1.50 bits per heavy atom. The van der Waals surface area contributed by atoms with Crippen LogP contribution < -0.4 is 5.32 Å². The van der Waals surface area contributed by atoms with Crippen molar-refractivity contribution in [3.63, 3.8) is 0 Å². The number of nitrogens with one attached hydrogen (secondary N) is 1. The summed E-state index contributed by atoms with van der Waals surface area (Å²) in [4.78, 5) is 10.8. The summed E-state index contributed by atoms with van der Waals surface area (Å²) >= 11 is 5.97. The first-order valence-electron chi connectivity index (χ1n) is 5.46. The van der Waals surface area contributed by atoms with E-state index in [4.69, 9.17) is 11.6 Å². The van der Waals surface area contributed by atoms with E-state index in [0.29, 0.717) is 11.6 Å². The van der Waals surface area contributed by atoms with Gasteiger partial charge in [-0.05, 0) is 23.6 Å². The highest BCUT2D eigenvalue weighted by atomic mass is 35.5. The first-order valence-corrected chi connectivity index (χ1v) is 6.42. The summed E-state index contributed by atoms with van der Waals surface area (Å²) in [7, 11) is 1.53. The Balaban J connectivity index is 2.71. The maximum atomic E-state index is 12.7. The van der Waals surface area contributed by atoms with Gasteiger partial charge in [0, 0.05) is 24.9 Å². The summed E-state index contributed by atoms with van der Waals surface area (Å²) in [6, 6.07) is 5.12. The molecule has 1 rings (SSSR count). The van der Waals surface area contributed by atoms with Crippen LogP contribution in [0.1, 0.15) is 24.5 Å². The van der Waals surface area contributed by atoms with Gasteiger partial charge in [0.15, 0.2) is 0 Å². The van der Waals surface area contributed by atoms with E-state index < -0.39 is 5.66 Å². The number of alkyl halides is 2. The topological polar surface area (TPSA) is 29.1 Å². The van der Waals surface area contributed by atoms with Crippen LogP contribution in [0.5, 0.6) is 0 Å². The zero-order valence-corrected chi connectivity index (χ0v) is 11.9. The first kappa shape index (κ1) is 15.3. The van der Waals surface area contributed by atoms with Crippen molar-refractivity contribution in [1.82, 2.24) is 5.32 Å². The van der Waals surface area contributed by atoms with Gasteiger partial charge in [-0.15, -0.1) is 0 Å². The van der Waals surface area contributed by atoms with Crippen LogP contribution in [0, 0.1) is 0 Å². The fraction of sp³-hybridized carbons (Fsp3) is 0.417. The number of rotatable bonds is 5. The minimum Gasteiger partial charge on any atom is -0.352 e. The number of aryl methyl sites for hydroxylation is 1. The van der Waals surface area contributed by atoms with Gasteiger partial charge in [-0.2, -0.15) is 0 Å². The van der Waals surface area contributed by atoms with E-state index >= 15 is 0 Å². The molecule has 0 aliphatic carbocycles. The van der Waals surface area contributed by atoms with E-state index in [-0.39, 0.29) is 18.7 Å². The Morgan fingerprint density at radius 2 is 2.17 bits per heavy atom. The molecule has 0 aliphatic heterocycles. The highest BCUT2D eigenvalue weighted by Crippen LogP contribution is 2.28. The standard InChI is InChI=1S/C12H15ClF2NOP/c1-8(17)16-7-10-6-9(2-3-11(10)13)4-5-12(14,15)18/h2-3,6H,4-5,7,18H2,1H3,(H,16,17). The number of carbonyl (C=O) groups is 1. The van der Waals surface area contributed by atoms with E-state index in [2.05, 4.69) is 5.32 Å². The summed E-state index contributed by atoms with van der Waals surface area (Å²) in [5.74, 6) is -0.159. The highest BCUT2D eigenvalue weighted by molar-refractivity contribution is 7.18. The minimum atomic E-state index is -2.75. The van der Waals surface area contributed by atoms with E-state index in [1.165, 1.54) is 16.2 Å². The summed E-state index contributed by atoms with van der Waals surface area (Å²) < 4.78 is 25.4. The largest absolute Gasteiger partial charge is 0.352 e. The summed E-state index contributed by atoms with van der Waals surface area (Å²) in [5.41, 5.74) is -1.24. The maximum Gasteiger partial charge on any atom is 0.259 e. The SMILES string of the molecule is CC(=O)NCc1cc(CCC(F)(F)P)ccc1Cl. The molecule has 1 aromatic carbocycles. The molecule has 0 aliphatic rings. The molecule has 1 N–H and O–H groups in total. The highest BCUT2D eigenvalue weighted by Gasteiger charge is 2.20. The van der Waals surface area contributed by atoms with Gasteiger partial charge < -0.3 is 5.32 Å². The van der Waals surface area contributed by atoms with Crippen molar-refractivity contribution < 1.29 is 13.6 Å². The molecule has 100 valence electrons. The number of halogens is 3. The lowest BCUT2D eigenvalue weighted by molar-refractivity contribution is -0.119. The molecule has 0 radical (unpaired) electrons. The number of benzene rings is 1. The molecule has 0 spiro atoms. The second-order valence-electron chi connectivity index (χ2n) is 4.10. The lowest BCUT2D eigenvalue weighted by Crippen LogP contribution is -2.19. The summed E-state index contributed by atoms with van der Waals surface area (Å²) in [6.45, 7) is 1.71. The van der Waals surface area contributed by atoms with E-state index in [9.17, 15) is 13.6 Å². The third-order valence-corrected chi connectivity index (χ3v) is 3.04.